The topological polar surface area (TPSA) is 26.3 Å². The Balaban J connectivity index is 2.92. The van der Waals surface area contributed by atoms with E-state index in [9.17, 15) is 4.79 Å². The van der Waals surface area contributed by atoms with Crippen LogP contribution in [-0.2, 0) is 0 Å². The maximum absolute atomic E-state index is 11.5. The highest BCUT2D eigenvalue weighted by molar-refractivity contribution is 5.98. The Bertz CT molecular complexity index is 292. The van der Waals surface area contributed by atoms with Crippen molar-refractivity contribution in [1.82, 2.24) is 0 Å². The second kappa shape index (κ2) is 4.65. The van der Waals surface area contributed by atoms with Crippen molar-refractivity contribution in [2.75, 3.05) is 7.11 Å². The number of hydrogen-bond donors (Lipinski definition) is 0. The Morgan fingerprint density at radius 2 is 2.15 bits per heavy atom. The lowest BCUT2D eigenvalue weighted by molar-refractivity contribution is 0.0980. The van der Waals surface area contributed by atoms with Gasteiger partial charge in [0.15, 0.2) is 5.78 Å². The van der Waals surface area contributed by atoms with Crippen LogP contribution in [0.5, 0.6) is 5.75 Å². The summed E-state index contributed by atoms with van der Waals surface area (Å²) in [5.74, 6) is 0.730. The molecule has 0 heterocycles. The molecule has 1 aromatic rings. The average Bonchev–Trinajstić information content (AvgIpc) is 2.18. The number of para-hydroxylation sites is 1. The van der Waals surface area contributed by atoms with Gasteiger partial charge in [0.1, 0.15) is 5.75 Å². The Labute approximate surface area is 78.5 Å². The lowest BCUT2D eigenvalue weighted by Crippen LogP contribution is -2.00. The van der Waals surface area contributed by atoms with E-state index in [4.69, 9.17) is 4.74 Å². The summed E-state index contributed by atoms with van der Waals surface area (Å²) in [5, 5.41) is 0. The van der Waals surface area contributed by atoms with Gasteiger partial charge in [-0.05, 0) is 18.6 Å². The van der Waals surface area contributed by atoms with Gasteiger partial charge < -0.3 is 4.74 Å². The van der Waals surface area contributed by atoms with Gasteiger partial charge in [-0.2, -0.15) is 0 Å². The number of carbonyl (C=O) groups excluding carboxylic acids is 1. The molecule has 0 N–H and O–H groups in total. The predicted molar refractivity (Wildman–Crippen MR) is 51.9 cm³/mol. The molecule has 0 spiro atoms. The van der Waals surface area contributed by atoms with E-state index in [2.05, 4.69) is 6.92 Å². The summed E-state index contributed by atoms with van der Waals surface area (Å²) in [6, 6.07) is 7.24. The largest absolute Gasteiger partial charge is 0.496 e. The fourth-order valence-electron chi connectivity index (χ4n) is 1.17. The van der Waals surface area contributed by atoms with Crippen molar-refractivity contribution in [2.45, 2.75) is 12.8 Å². The summed E-state index contributed by atoms with van der Waals surface area (Å²) < 4.78 is 5.07. The molecule has 69 valence electrons. The smallest absolute Gasteiger partial charge is 0.166 e. The maximum Gasteiger partial charge on any atom is 0.166 e. The minimum Gasteiger partial charge on any atom is -0.496 e. The van der Waals surface area contributed by atoms with E-state index in [1.54, 1.807) is 19.2 Å². The first-order chi connectivity index (χ1) is 6.29. The minimum absolute atomic E-state index is 0.0902. The van der Waals surface area contributed by atoms with Crippen LogP contribution in [0.4, 0.5) is 0 Å². The van der Waals surface area contributed by atoms with Gasteiger partial charge in [-0.3, -0.25) is 4.79 Å². The van der Waals surface area contributed by atoms with Gasteiger partial charge in [-0.15, -0.1) is 0 Å². The van der Waals surface area contributed by atoms with Gasteiger partial charge in [0.05, 0.1) is 12.7 Å². The van der Waals surface area contributed by atoms with Crippen molar-refractivity contribution in [3.63, 3.8) is 0 Å². The lowest BCUT2D eigenvalue weighted by atomic mass is 10.1. The Kier molecular flexibility index (Phi) is 3.50. The molecule has 0 aromatic heterocycles. The summed E-state index contributed by atoms with van der Waals surface area (Å²) in [5.41, 5.74) is 0.647. The molecular weight excluding hydrogens is 164 g/mol. The summed E-state index contributed by atoms with van der Waals surface area (Å²) in [4.78, 5) is 11.5. The van der Waals surface area contributed by atoms with E-state index in [1.165, 1.54) is 0 Å². The van der Waals surface area contributed by atoms with Crippen molar-refractivity contribution in [1.29, 1.82) is 0 Å². The van der Waals surface area contributed by atoms with E-state index in [0.717, 1.165) is 0 Å². The zero-order chi connectivity index (χ0) is 9.68. The minimum atomic E-state index is 0.0902. The van der Waals surface area contributed by atoms with Crippen molar-refractivity contribution in [3.8, 4) is 5.75 Å². The number of carbonyl (C=O) groups is 1. The molecule has 1 rings (SSSR count). The van der Waals surface area contributed by atoms with Crippen molar-refractivity contribution in [2.24, 2.45) is 0 Å². The van der Waals surface area contributed by atoms with Crippen LogP contribution in [0, 0.1) is 6.92 Å². The molecule has 0 aliphatic rings. The monoisotopic (exact) mass is 177 g/mol. The number of ether oxygens (including phenoxy) is 1. The van der Waals surface area contributed by atoms with Crippen molar-refractivity contribution < 1.29 is 9.53 Å². The van der Waals surface area contributed by atoms with Crippen LogP contribution in [0.2, 0.25) is 0 Å². The lowest BCUT2D eigenvalue weighted by Gasteiger charge is -2.05. The average molecular weight is 177 g/mol. The standard InChI is InChI=1S/C11H13O2/c1-3-6-10(12)9-7-4-5-8-11(9)13-2/h4-5,7-8H,1,3,6H2,2H3. The molecule has 0 bridgehead atoms. The maximum atomic E-state index is 11.5. The molecule has 0 fully saturated rings. The Morgan fingerprint density at radius 1 is 1.46 bits per heavy atom. The number of benzene rings is 1. The summed E-state index contributed by atoms with van der Waals surface area (Å²) in [6.45, 7) is 3.65. The summed E-state index contributed by atoms with van der Waals surface area (Å²) in [6.07, 6.45) is 1.09. The van der Waals surface area contributed by atoms with Crippen LogP contribution in [0.3, 0.4) is 0 Å². The van der Waals surface area contributed by atoms with Crippen LogP contribution < -0.4 is 4.74 Å². The first-order valence-electron chi connectivity index (χ1n) is 4.25. The van der Waals surface area contributed by atoms with E-state index in [-0.39, 0.29) is 5.78 Å². The van der Waals surface area contributed by atoms with Gasteiger partial charge in [0.25, 0.3) is 0 Å². The number of rotatable bonds is 4. The molecule has 0 saturated heterocycles. The molecule has 0 saturated carbocycles. The van der Waals surface area contributed by atoms with E-state index in [0.29, 0.717) is 24.2 Å². The van der Waals surface area contributed by atoms with Crippen LogP contribution in [0.25, 0.3) is 0 Å². The van der Waals surface area contributed by atoms with E-state index in [1.807, 2.05) is 12.1 Å². The molecule has 13 heavy (non-hydrogen) atoms. The predicted octanol–water partition coefficient (Wildman–Crippen LogP) is 2.49. The zero-order valence-corrected chi connectivity index (χ0v) is 7.75. The van der Waals surface area contributed by atoms with Gasteiger partial charge in [-0.1, -0.05) is 19.1 Å². The Morgan fingerprint density at radius 3 is 2.77 bits per heavy atom. The van der Waals surface area contributed by atoms with Gasteiger partial charge in [-0.25, -0.2) is 0 Å². The van der Waals surface area contributed by atoms with Gasteiger partial charge >= 0.3 is 0 Å². The molecular formula is C11H13O2. The molecule has 2 heteroatoms. The summed E-state index contributed by atoms with van der Waals surface area (Å²) in [7, 11) is 1.57. The second-order valence-electron chi connectivity index (χ2n) is 2.73. The molecule has 0 aliphatic carbocycles. The van der Waals surface area contributed by atoms with Crippen LogP contribution in [0.1, 0.15) is 23.2 Å². The number of ketones is 1. The normalized spacial score (nSPS) is 9.69. The number of methoxy groups -OCH3 is 1. The van der Waals surface area contributed by atoms with Crippen molar-refractivity contribution >= 4 is 5.78 Å². The van der Waals surface area contributed by atoms with Crippen LogP contribution in [-0.4, -0.2) is 12.9 Å². The third kappa shape index (κ3) is 2.31. The number of hydrogen-bond acceptors (Lipinski definition) is 2. The van der Waals surface area contributed by atoms with Crippen LogP contribution >= 0.6 is 0 Å². The molecule has 1 aromatic carbocycles. The highest BCUT2D eigenvalue weighted by atomic mass is 16.5. The Hall–Kier alpha value is -1.31. The molecule has 0 unspecified atom stereocenters. The molecule has 0 aliphatic heterocycles. The van der Waals surface area contributed by atoms with Gasteiger partial charge in [0, 0.05) is 6.42 Å². The first kappa shape index (κ1) is 9.78. The first-order valence-corrected chi connectivity index (χ1v) is 4.25. The molecule has 0 amide bonds. The fraction of sp³-hybridized carbons (Fsp3) is 0.273. The number of Topliss-reactive ketones (excluding diaryl/α,β-unsaturated/α-hetero) is 1. The van der Waals surface area contributed by atoms with Gasteiger partial charge in [0.2, 0.25) is 0 Å². The van der Waals surface area contributed by atoms with Crippen molar-refractivity contribution in [3.05, 3.63) is 36.8 Å². The van der Waals surface area contributed by atoms with E-state index >= 15 is 0 Å². The zero-order valence-electron chi connectivity index (χ0n) is 7.75. The highest BCUT2D eigenvalue weighted by Crippen LogP contribution is 2.19. The highest BCUT2D eigenvalue weighted by Gasteiger charge is 2.09. The second-order valence-corrected chi connectivity index (χ2v) is 2.73. The molecule has 1 radical (unpaired) electrons. The third-order valence-electron chi connectivity index (χ3n) is 1.81. The summed E-state index contributed by atoms with van der Waals surface area (Å²) >= 11 is 0. The molecule has 2 nitrogen and oxygen atoms in total. The third-order valence-corrected chi connectivity index (χ3v) is 1.81. The molecule has 0 atom stereocenters. The quantitative estimate of drug-likeness (QED) is 0.660. The van der Waals surface area contributed by atoms with E-state index < -0.39 is 0 Å². The van der Waals surface area contributed by atoms with Crippen LogP contribution in [0.15, 0.2) is 24.3 Å². The fourth-order valence-corrected chi connectivity index (χ4v) is 1.17. The SMILES string of the molecule is [CH2]CCC(=O)c1ccccc1OC.